The maximum absolute atomic E-state index is 12.6. The summed E-state index contributed by atoms with van der Waals surface area (Å²) in [6.07, 6.45) is 10.5. The number of hydrogen-bond donors (Lipinski definition) is 0. The second kappa shape index (κ2) is 9.91. The lowest BCUT2D eigenvalue weighted by molar-refractivity contribution is 0.104. The van der Waals surface area contributed by atoms with Crippen LogP contribution in [0.4, 0.5) is 0 Å². The number of aromatic nitrogens is 3. The fourth-order valence-corrected chi connectivity index (χ4v) is 3.92. The molecular weight excluding hydrogens is 406 g/mol. The molecule has 0 bridgehead atoms. The topological polar surface area (TPSA) is 57.0 Å². The fraction of sp³-hybridized carbons (Fsp3) is 0.0800. The van der Waals surface area contributed by atoms with Gasteiger partial charge in [0.1, 0.15) is 5.75 Å². The molecule has 0 N–H and O–H groups in total. The molecule has 31 heavy (non-hydrogen) atoms. The van der Waals surface area contributed by atoms with Crippen LogP contribution in [-0.4, -0.2) is 27.4 Å². The van der Waals surface area contributed by atoms with E-state index < -0.39 is 0 Å². The van der Waals surface area contributed by atoms with Gasteiger partial charge in [-0.25, -0.2) is 9.97 Å². The van der Waals surface area contributed by atoms with E-state index in [0.29, 0.717) is 5.56 Å². The van der Waals surface area contributed by atoms with E-state index in [1.807, 2.05) is 77.5 Å². The molecule has 2 heterocycles. The zero-order chi connectivity index (χ0) is 21.5. The second-order valence-corrected chi connectivity index (χ2v) is 7.74. The molecule has 154 valence electrons. The number of carbonyl (C=O) groups excluding carboxylic acids is 1. The van der Waals surface area contributed by atoms with Gasteiger partial charge < -0.3 is 9.30 Å². The molecule has 6 heteroatoms. The number of hydrogen-bond acceptors (Lipinski definition) is 5. The van der Waals surface area contributed by atoms with Crippen LogP contribution in [0.2, 0.25) is 0 Å². The molecule has 0 unspecified atom stereocenters. The zero-order valence-electron chi connectivity index (χ0n) is 17.0. The molecule has 0 spiro atoms. The minimum Gasteiger partial charge on any atom is -0.496 e. The van der Waals surface area contributed by atoms with Gasteiger partial charge in [0.05, 0.1) is 18.5 Å². The SMILES string of the molecule is COc1ccc(/C=C/C(=O)c2ccc(-n3ccnc3)cc2)cc1CSc1ccccn1. The van der Waals surface area contributed by atoms with Gasteiger partial charge in [0.15, 0.2) is 5.78 Å². The van der Waals surface area contributed by atoms with Crippen LogP contribution in [-0.2, 0) is 5.75 Å². The number of pyridine rings is 1. The third-order valence-electron chi connectivity index (χ3n) is 4.70. The largest absolute Gasteiger partial charge is 0.496 e. The molecule has 0 fully saturated rings. The molecule has 0 aliphatic carbocycles. The van der Waals surface area contributed by atoms with Crippen molar-refractivity contribution in [1.82, 2.24) is 14.5 Å². The zero-order valence-corrected chi connectivity index (χ0v) is 17.8. The van der Waals surface area contributed by atoms with E-state index in [1.165, 1.54) is 0 Å². The highest BCUT2D eigenvalue weighted by molar-refractivity contribution is 7.98. The normalized spacial score (nSPS) is 11.0. The van der Waals surface area contributed by atoms with Gasteiger partial charge in [-0.1, -0.05) is 18.2 Å². The molecule has 0 amide bonds. The van der Waals surface area contributed by atoms with E-state index in [4.69, 9.17) is 4.74 Å². The predicted octanol–water partition coefficient (Wildman–Crippen LogP) is 5.46. The number of carbonyl (C=O) groups is 1. The Balaban J connectivity index is 1.46. The number of ether oxygens (including phenoxy) is 1. The first-order chi connectivity index (χ1) is 15.2. The van der Waals surface area contributed by atoms with Crippen LogP contribution in [0.1, 0.15) is 21.5 Å². The summed E-state index contributed by atoms with van der Waals surface area (Å²) < 4.78 is 7.39. The van der Waals surface area contributed by atoms with E-state index in [2.05, 4.69) is 9.97 Å². The maximum atomic E-state index is 12.6. The predicted molar refractivity (Wildman–Crippen MR) is 124 cm³/mol. The Hall–Kier alpha value is -3.64. The Bertz CT molecular complexity index is 1170. The molecule has 0 saturated carbocycles. The molecule has 2 aromatic carbocycles. The van der Waals surface area contributed by atoms with Crippen LogP contribution in [0.25, 0.3) is 11.8 Å². The van der Waals surface area contributed by atoms with Gasteiger partial charge in [0, 0.05) is 41.2 Å². The number of allylic oxidation sites excluding steroid dienone is 1. The molecule has 2 aromatic heterocycles. The van der Waals surface area contributed by atoms with Gasteiger partial charge in [0.2, 0.25) is 0 Å². The highest BCUT2D eigenvalue weighted by Gasteiger charge is 2.07. The third-order valence-corrected chi connectivity index (χ3v) is 5.69. The minimum atomic E-state index is -0.0441. The van der Waals surface area contributed by atoms with Crippen molar-refractivity contribution in [3.05, 3.63) is 108 Å². The van der Waals surface area contributed by atoms with Crippen molar-refractivity contribution >= 4 is 23.6 Å². The van der Waals surface area contributed by atoms with Crippen molar-refractivity contribution in [3.63, 3.8) is 0 Å². The van der Waals surface area contributed by atoms with Gasteiger partial charge >= 0.3 is 0 Å². The van der Waals surface area contributed by atoms with Crippen LogP contribution in [0, 0.1) is 0 Å². The van der Waals surface area contributed by atoms with E-state index >= 15 is 0 Å². The lowest BCUT2D eigenvalue weighted by atomic mass is 10.1. The molecule has 0 saturated heterocycles. The summed E-state index contributed by atoms with van der Waals surface area (Å²) in [5, 5.41) is 0.958. The first-order valence-electron chi connectivity index (χ1n) is 9.74. The lowest BCUT2D eigenvalue weighted by Gasteiger charge is -2.09. The molecule has 0 aliphatic heterocycles. The first-order valence-corrected chi connectivity index (χ1v) is 10.7. The van der Waals surface area contributed by atoms with E-state index in [1.54, 1.807) is 43.7 Å². The smallest absolute Gasteiger partial charge is 0.185 e. The summed E-state index contributed by atoms with van der Waals surface area (Å²) in [6.45, 7) is 0. The third kappa shape index (κ3) is 5.29. The molecule has 5 nitrogen and oxygen atoms in total. The summed E-state index contributed by atoms with van der Waals surface area (Å²) >= 11 is 1.64. The second-order valence-electron chi connectivity index (χ2n) is 6.74. The Labute approximate surface area is 185 Å². The number of methoxy groups -OCH3 is 1. The van der Waals surface area contributed by atoms with Crippen molar-refractivity contribution in [2.24, 2.45) is 0 Å². The number of imidazole rings is 1. The highest BCUT2D eigenvalue weighted by Crippen LogP contribution is 2.28. The Kier molecular flexibility index (Phi) is 6.59. The standard InChI is InChI=1S/C25H21N3O2S/c1-30-24-12-6-19(16-21(24)17-31-25-4-2-3-13-27-25)5-11-23(29)20-7-9-22(10-8-20)28-15-14-26-18-28/h2-16,18H,17H2,1H3/b11-5+. The van der Waals surface area contributed by atoms with E-state index in [9.17, 15) is 4.79 Å². The Morgan fingerprint density at radius 3 is 2.68 bits per heavy atom. The molecule has 4 aromatic rings. The number of ketones is 1. The molecular formula is C25H21N3O2S. The summed E-state index contributed by atoms with van der Waals surface area (Å²) in [6, 6.07) is 19.2. The van der Waals surface area contributed by atoms with Crippen molar-refractivity contribution in [2.75, 3.05) is 7.11 Å². The summed E-state index contributed by atoms with van der Waals surface area (Å²) in [5.41, 5.74) is 3.60. The quantitative estimate of drug-likeness (QED) is 0.212. The molecule has 4 rings (SSSR count). The minimum absolute atomic E-state index is 0.0441. The average Bonchev–Trinajstić information content (AvgIpc) is 3.37. The molecule has 0 aliphatic rings. The summed E-state index contributed by atoms with van der Waals surface area (Å²) in [7, 11) is 1.66. The lowest BCUT2D eigenvalue weighted by Crippen LogP contribution is -1.96. The summed E-state index contributed by atoms with van der Waals surface area (Å²) in [5.74, 6) is 1.50. The fourth-order valence-electron chi connectivity index (χ4n) is 3.08. The monoisotopic (exact) mass is 427 g/mol. The average molecular weight is 428 g/mol. The van der Waals surface area contributed by atoms with Crippen LogP contribution < -0.4 is 4.74 Å². The van der Waals surface area contributed by atoms with Crippen LogP contribution >= 0.6 is 11.8 Å². The van der Waals surface area contributed by atoms with Gasteiger partial charge in [-0.15, -0.1) is 11.8 Å². The highest BCUT2D eigenvalue weighted by atomic mass is 32.2. The van der Waals surface area contributed by atoms with Crippen LogP contribution in [0.3, 0.4) is 0 Å². The van der Waals surface area contributed by atoms with E-state index in [-0.39, 0.29) is 5.78 Å². The summed E-state index contributed by atoms with van der Waals surface area (Å²) in [4.78, 5) is 21.0. The number of thioether (sulfide) groups is 1. The van der Waals surface area contributed by atoms with Crippen molar-refractivity contribution in [2.45, 2.75) is 10.8 Å². The van der Waals surface area contributed by atoms with Crippen molar-refractivity contribution < 1.29 is 9.53 Å². The molecule has 0 radical (unpaired) electrons. The van der Waals surface area contributed by atoms with Gasteiger partial charge in [0.25, 0.3) is 0 Å². The van der Waals surface area contributed by atoms with Crippen LogP contribution in [0.15, 0.2) is 96.7 Å². The van der Waals surface area contributed by atoms with Gasteiger partial charge in [-0.05, 0) is 60.2 Å². The van der Waals surface area contributed by atoms with Gasteiger partial charge in [-0.3, -0.25) is 4.79 Å². The number of rotatable bonds is 8. The Morgan fingerprint density at radius 2 is 1.97 bits per heavy atom. The number of nitrogens with zero attached hydrogens (tertiary/aromatic N) is 3. The first kappa shape index (κ1) is 20.6. The molecule has 0 atom stereocenters. The maximum Gasteiger partial charge on any atom is 0.185 e. The van der Waals surface area contributed by atoms with Crippen LogP contribution in [0.5, 0.6) is 5.75 Å². The Morgan fingerprint density at radius 1 is 1.10 bits per heavy atom. The van der Waals surface area contributed by atoms with Crippen molar-refractivity contribution in [1.29, 1.82) is 0 Å². The van der Waals surface area contributed by atoms with Crippen molar-refractivity contribution in [3.8, 4) is 11.4 Å². The van der Waals surface area contributed by atoms with E-state index in [0.717, 1.165) is 33.3 Å². The number of benzene rings is 2. The van der Waals surface area contributed by atoms with Gasteiger partial charge in [-0.2, -0.15) is 0 Å².